The third-order valence-electron chi connectivity index (χ3n) is 4.19. The molecule has 0 aliphatic carbocycles. The van der Waals surface area contributed by atoms with E-state index in [2.05, 4.69) is 10.3 Å². The Bertz CT molecular complexity index is 850. The van der Waals surface area contributed by atoms with Crippen LogP contribution in [0.3, 0.4) is 0 Å². The average Bonchev–Trinajstić information content (AvgIpc) is 2.62. The highest BCUT2D eigenvalue weighted by molar-refractivity contribution is 7.89. The molecule has 3 rings (SSSR count). The first kappa shape index (κ1) is 17.8. The number of hydrogen-bond acceptors (Lipinski definition) is 4. The van der Waals surface area contributed by atoms with Gasteiger partial charge in [0.2, 0.25) is 15.9 Å². The van der Waals surface area contributed by atoms with E-state index in [1.807, 2.05) is 0 Å². The quantitative estimate of drug-likeness (QED) is 0.885. The molecule has 0 spiro atoms. The Kier molecular flexibility index (Phi) is 5.36. The van der Waals surface area contributed by atoms with Gasteiger partial charge in [-0.15, -0.1) is 0 Å². The van der Waals surface area contributed by atoms with E-state index in [-0.39, 0.29) is 16.7 Å². The normalized spacial score (nSPS) is 16.5. The Labute approximate surface area is 151 Å². The maximum atomic E-state index is 12.6. The number of benzene rings is 1. The van der Waals surface area contributed by atoms with Gasteiger partial charge in [0.05, 0.1) is 0 Å². The number of piperidine rings is 1. The van der Waals surface area contributed by atoms with Crippen LogP contribution in [0.15, 0.2) is 53.7 Å². The first-order valence-electron chi connectivity index (χ1n) is 7.93. The minimum atomic E-state index is -3.55. The molecule has 2 heterocycles. The molecule has 1 aromatic carbocycles. The molecule has 1 N–H and O–H groups in total. The monoisotopic (exact) mass is 379 g/mol. The van der Waals surface area contributed by atoms with Crippen molar-refractivity contribution in [2.75, 3.05) is 18.4 Å². The van der Waals surface area contributed by atoms with Gasteiger partial charge in [0.25, 0.3) is 0 Å². The third kappa shape index (κ3) is 4.18. The van der Waals surface area contributed by atoms with E-state index < -0.39 is 10.0 Å². The summed E-state index contributed by atoms with van der Waals surface area (Å²) in [6, 6.07) is 10.1. The summed E-state index contributed by atoms with van der Waals surface area (Å²) >= 11 is 5.91. The molecule has 6 nitrogen and oxygen atoms in total. The topological polar surface area (TPSA) is 79.4 Å². The Morgan fingerprint density at radius 1 is 1.20 bits per heavy atom. The molecule has 132 valence electrons. The molecule has 25 heavy (non-hydrogen) atoms. The van der Waals surface area contributed by atoms with Gasteiger partial charge in [0, 0.05) is 42.1 Å². The lowest BCUT2D eigenvalue weighted by Crippen LogP contribution is -2.41. The molecule has 0 bridgehead atoms. The van der Waals surface area contributed by atoms with Crippen molar-refractivity contribution >= 4 is 33.2 Å². The predicted octanol–water partition coefficient (Wildman–Crippen LogP) is 2.77. The maximum Gasteiger partial charge on any atom is 0.244 e. The van der Waals surface area contributed by atoms with Crippen molar-refractivity contribution in [3.05, 3.63) is 53.8 Å². The highest BCUT2D eigenvalue weighted by Crippen LogP contribution is 2.25. The van der Waals surface area contributed by atoms with E-state index in [9.17, 15) is 13.2 Å². The number of rotatable bonds is 4. The number of nitrogens with one attached hydrogen (secondary N) is 1. The molecule has 1 aliphatic rings. The number of pyridine rings is 1. The standard InChI is InChI=1S/C17H18ClN3O3S/c18-14-3-1-4-15(11-14)20-17(22)13-6-9-21(10-7-13)25(23,24)16-5-2-8-19-12-16/h1-5,8,11-13H,6-7,9-10H2,(H,20,22). The highest BCUT2D eigenvalue weighted by Gasteiger charge is 2.32. The molecule has 2 aromatic rings. The molecule has 1 fully saturated rings. The van der Waals surface area contributed by atoms with Crippen LogP contribution in [-0.4, -0.2) is 36.7 Å². The van der Waals surface area contributed by atoms with Gasteiger partial charge in [-0.25, -0.2) is 8.42 Å². The molecular formula is C17H18ClN3O3S. The van der Waals surface area contributed by atoms with Gasteiger partial charge in [-0.2, -0.15) is 4.31 Å². The van der Waals surface area contributed by atoms with Gasteiger partial charge in [0.15, 0.2) is 0 Å². The van der Waals surface area contributed by atoms with Crippen LogP contribution < -0.4 is 5.32 Å². The van der Waals surface area contributed by atoms with Crippen LogP contribution in [-0.2, 0) is 14.8 Å². The second-order valence-electron chi connectivity index (χ2n) is 5.87. The fourth-order valence-corrected chi connectivity index (χ4v) is 4.44. The molecule has 0 atom stereocenters. The number of aromatic nitrogens is 1. The lowest BCUT2D eigenvalue weighted by atomic mass is 9.97. The van der Waals surface area contributed by atoms with Gasteiger partial charge >= 0.3 is 0 Å². The van der Waals surface area contributed by atoms with E-state index in [4.69, 9.17) is 11.6 Å². The first-order chi connectivity index (χ1) is 12.0. The van der Waals surface area contributed by atoms with Gasteiger partial charge in [-0.05, 0) is 43.2 Å². The van der Waals surface area contributed by atoms with Crippen LogP contribution in [0.2, 0.25) is 5.02 Å². The van der Waals surface area contributed by atoms with Crippen LogP contribution in [0.1, 0.15) is 12.8 Å². The number of carbonyl (C=O) groups is 1. The Morgan fingerprint density at radius 3 is 2.60 bits per heavy atom. The Balaban J connectivity index is 1.61. The van der Waals surface area contributed by atoms with Crippen molar-refractivity contribution < 1.29 is 13.2 Å². The summed E-state index contributed by atoms with van der Waals surface area (Å²) in [6.07, 6.45) is 3.83. The maximum absolute atomic E-state index is 12.6. The fraction of sp³-hybridized carbons (Fsp3) is 0.294. The number of halogens is 1. The predicted molar refractivity (Wildman–Crippen MR) is 95.8 cm³/mol. The van der Waals surface area contributed by atoms with Gasteiger partial charge in [-0.1, -0.05) is 17.7 Å². The number of carbonyl (C=O) groups excluding carboxylic acids is 1. The van der Waals surface area contributed by atoms with Crippen LogP contribution in [0, 0.1) is 5.92 Å². The number of hydrogen-bond donors (Lipinski definition) is 1. The van der Waals surface area contributed by atoms with Crippen LogP contribution >= 0.6 is 11.6 Å². The van der Waals surface area contributed by atoms with Crippen LogP contribution in [0.25, 0.3) is 0 Å². The zero-order valence-electron chi connectivity index (χ0n) is 13.4. The summed E-state index contributed by atoms with van der Waals surface area (Å²) in [5, 5.41) is 3.39. The smallest absolute Gasteiger partial charge is 0.244 e. The fourth-order valence-electron chi connectivity index (χ4n) is 2.82. The summed E-state index contributed by atoms with van der Waals surface area (Å²) in [7, 11) is -3.55. The molecular weight excluding hydrogens is 362 g/mol. The van der Waals surface area contributed by atoms with Crippen molar-refractivity contribution in [3.63, 3.8) is 0 Å². The third-order valence-corrected chi connectivity index (χ3v) is 6.31. The summed E-state index contributed by atoms with van der Waals surface area (Å²) in [6.45, 7) is 0.621. The number of sulfonamides is 1. The van der Waals surface area contributed by atoms with Crippen LogP contribution in [0.4, 0.5) is 5.69 Å². The minimum absolute atomic E-state index is 0.110. The zero-order chi connectivity index (χ0) is 17.9. The lowest BCUT2D eigenvalue weighted by molar-refractivity contribution is -0.120. The van der Waals surface area contributed by atoms with Crippen molar-refractivity contribution in [3.8, 4) is 0 Å². The van der Waals surface area contributed by atoms with Crippen LogP contribution in [0.5, 0.6) is 0 Å². The summed E-state index contributed by atoms with van der Waals surface area (Å²) < 4.78 is 26.5. The van der Waals surface area contributed by atoms with Crippen molar-refractivity contribution in [2.45, 2.75) is 17.7 Å². The Morgan fingerprint density at radius 2 is 1.96 bits per heavy atom. The van der Waals surface area contributed by atoms with E-state index in [1.165, 1.54) is 22.8 Å². The molecule has 1 saturated heterocycles. The first-order valence-corrected chi connectivity index (χ1v) is 9.75. The number of nitrogens with zero attached hydrogens (tertiary/aromatic N) is 2. The van der Waals surface area contributed by atoms with Crippen molar-refractivity contribution in [1.29, 1.82) is 0 Å². The van der Waals surface area contributed by atoms with E-state index in [0.717, 1.165) is 0 Å². The van der Waals surface area contributed by atoms with Gasteiger partial charge < -0.3 is 5.32 Å². The highest BCUT2D eigenvalue weighted by atomic mass is 35.5. The average molecular weight is 380 g/mol. The molecule has 8 heteroatoms. The van der Waals surface area contributed by atoms with Gasteiger partial charge in [0.1, 0.15) is 4.90 Å². The molecule has 0 saturated carbocycles. The van der Waals surface area contributed by atoms with E-state index in [0.29, 0.717) is 36.6 Å². The number of anilines is 1. The summed E-state index contributed by atoms with van der Waals surface area (Å²) in [5.74, 6) is -0.333. The van der Waals surface area contributed by atoms with Crippen molar-refractivity contribution in [1.82, 2.24) is 9.29 Å². The molecule has 0 radical (unpaired) electrons. The van der Waals surface area contributed by atoms with Crippen molar-refractivity contribution in [2.24, 2.45) is 5.92 Å². The second kappa shape index (κ2) is 7.51. The second-order valence-corrected chi connectivity index (χ2v) is 8.24. The SMILES string of the molecule is O=C(Nc1cccc(Cl)c1)C1CCN(S(=O)(=O)c2cccnc2)CC1. The summed E-state index contributed by atoms with van der Waals surface area (Å²) in [5.41, 5.74) is 0.642. The van der Waals surface area contributed by atoms with E-state index >= 15 is 0 Å². The van der Waals surface area contributed by atoms with E-state index in [1.54, 1.807) is 30.3 Å². The minimum Gasteiger partial charge on any atom is -0.326 e. The largest absolute Gasteiger partial charge is 0.326 e. The molecule has 1 aromatic heterocycles. The number of amides is 1. The molecule has 1 amide bonds. The lowest BCUT2D eigenvalue weighted by Gasteiger charge is -2.30. The summed E-state index contributed by atoms with van der Waals surface area (Å²) in [4.78, 5) is 16.4. The molecule has 1 aliphatic heterocycles. The van der Waals surface area contributed by atoms with Gasteiger partial charge in [-0.3, -0.25) is 9.78 Å². The molecule has 0 unspecified atom stereocenters. The zero-order valence-corrected chi connectivity index (χ0v) is 15.0. The Hall–Kier alpha value is -1.96.